The lowest BCUT2D eigenvalue weighted by atomic mass is 10.1. The third-order valence-corrected chi connectivity index (χ3v) is 2.59. The number of benzene rings is 1. The second kappa shape index (κ2) is 5.77. The van der Waals surface area contributed by atoms with E-state index < -0.39 is 23.7 Å². The van der Waals surface area contributed by atoms with Gasteiger partial charge in [-0.25, -0.2) is 0 Å². The van der Waals surface area contributed by atoms with Crippen molar-refractivity contribution >= 4 is 11.4 Å². The molecule has 1 aromatic rings. The maximum atomic E-state index is 12.6. The van der Waals surface area contributed by atoms with Crippen molar-refractivity contribution in [3.05, 3.63) is 33.9 Å². The molecule has 1 rings (SSSR count). The second-order valence-corrected chi connectivity index (χ2v) is 4.41. The van der Waals surface area contributed by atoms with Crippen LogP contribution in [0.25, 0.3) is 0 Å². The quantitative estimate of drug-likeness (QED) is 0.629. The summed E-state index contributed by atoms with van der Waals surface area (Å²) >= 11 is 0. The van der Waals surface area contributed by atoms with Gasteiger partial charge in [0.25, 0.3) is 5.69 Å². The molecule has 8 heteroatoms. The Balaban J connectivity index is 3.27. The molecule has 0 atom stereocenters. The predicted molar refractivity (Wildman–Crippen MR) is 66.3 cm³/mol. The molecule has 0 amide bonds. The molecule has 0 aliphatic rings. The largest absolute Gasteiger partial charge is 0.405 e. The van der Waals surface area contributed by atoms with Crippen LogP contribution in [0.2, 0.25) is 0 Å². The Kier molecular flexibility index (Phi) is 4.55. The van der Waals surface area contributed by atoms with Crippen molar-refractivity contribution in [1.29, 1.82) is 5.26 Å². The summed E-state index contributed by atoms with van der Waals surface area (Å²) in [5.41, 5.74) is -0.455. The molecule has 0 unspecified atom stereocenters. The van der Waals surface area contributed by atoms with E-state index >= 15 is 0 Å². The average molecular weight is 287 g/mol. The molecule has 0 saturated heterocycles. The third kappa shape index (κ3) is 3.85. The first kappa shape index (κ1) is 15.8. The Morgan fingerprint density at radius 1 is 1.45 bits per heavy atom. The van der Waals surface area contributed by atoms with Gasteiger partial charge in [-0.05, 0) is 19.9 Å². The van der Waals surface area contributed by atoms with E-state index in [1.807, 2.05) is 0 Å². The SMILES string of the molecule is CC(C)N(CC(F)(F)F)c1ccc([N+](=O)[O-])cc1C#N. The Morgan fingerprint density at radius 3 is 2.45 bits per heavy atom. The van der Waals surface area contributed by atoms with E-state index in [1.54, 1.807) is 19.9 Å². The molecule has 0 N–H and O–H groups in total. The topological polar surface area (TPSA) is 70.2 Å². The predicted octanol–water partition coefficient (Wildman–Crippen LogP) is 3.24. The Morgan fingerprint density at radius 2 is 2.05 bits per heavy atom. The number of halogens is 3. The van der Waals surface area contributed by atoms with Gasteiger partial charge < -0.3 is 4.90 Å². The number of non-ortho nitro benzene ring substituents is 1. The summed E-state index contributed by atoms with van der Waals surface area (Å²) < 4.78 is 37.7. The molecule has 1 aromatic carbocycles. The zero-order valence-electron chi connectivity index (χ0n) is 10.8. The maximum Gasteiger partial charge on any atom is 0.405 e. The summed E-state index contributed by atoms with van der Waals surface area (Å²) in [5, 5.41) is 19.6. The summed E-state index contributed by atoms with van der Waals surface area (Å²) in [4.78, 5) is 10.9. The van der Waals surface area contributed by atoms with Gasteiger partial charge in [0, 0.05) is 18.2 Å². The normalized spacial score (nSPS) is 11.2. The summed E-state index contributed by atoms with van der Waals surface area (Å²) in [6.45, 7) is 1.87. The Labute approximate surface area is 113 Å². The van der Waals surface area contributed by atoms with Crippen molar-refractivity contribution < 1.29 is 18.1 Å². The number of nitro groups is 1. The second-order valence-electron chi connectivity index (χ2n) is 4.41. The van der Waals surface area contributed by atoms with Crippen LogP contribution >= 0.6 is 0 Å². The Hall–Kier alpha value is -2.30. The van der Waals surface area contributed by atoms with Gasteiger partial charge in [-0.3, -0.25) is 10.1 Å². The average Bonchev–Trinajstić information content (AvgIpc) is 2.33. The number of rotatable bonds is 4. The van der Waals surface area contributed by atoms with Gasteiger partial charge in [0.2, 0.25) is 0 Å². The number of hydrogen-bond acceptors (Lipinski definition) is 4. The van der Waals surface area contributed by atoms with E-state index in [4.69, 9.17) is 5.26 Å². The van der Waals surface area contributed by atoms with Crippen molar-refractivity contribution in [1.82, 2.24) is 0 Å². The van der Waals surface area contributed by atoms with Gasteiger partial charge >= 0.3 is 6.18 Å². The molecule has 108 valence electrons. The molecule has 0 saturated carbocycles. The van der Waals surface area contributed by atoms with E-state index in [-0.39, 0.29) is 16.9 Å². The highest BCUT2D eigenvalue weighted by Gasteiger charge is 2.33. The number of alkyl halides is 3. The molecular weight excluding hydrogens is 275 g/mol. The number of nitriles is 1. The minimum atomic E-state index is -4.43. The molecule has 0 heterocycles. The molecule has 0 bridgehead atoms. The van der Waals surface area contributed by atoms with Crippen LogP contribution in [0.5, 0.6) is 0 Å². The van der Waals surface area contributed by atoms with Crippen LogP contribution in [0.15, 0.2) is 18.2 Å². The summed E-state index contributed by atoms with van der Waals surface area (Å²) in [7, 11) is 0. The standard InChI is InChI=1S/C12H12F3N3O2/c1-8(2)17(7-12(13,14)15)11-4-3-10(18(19)20)5-9(11)6-16/h3-5,8H,7H2,1-2H3. The van der Waals surface area contributed by atoms with E-state index in [1.165, 1.54) is 6.07 Å². The summed E-state index contributed by atoms with van der Waals surface area (Å²) in [6, 6.07) is 4.42. The van der Waals surface area contributed by atoms with Gasteiger partial charge in [-0.15, -0.1) is 0 Å². The first-order valence-electron chi connectivity index (χ1n) is 5.67. The highest BCUT2D eigenvalue weighted by atomic mass is 19.4. The molecule has 0 aliphatic carbocycles. The number of hydrogen-bond donors (Lipinski definition) is 0. The smallest absolute Gasteiger partial charge is 0.359 e. The molecule has 0 fully saturated rings. The fraction of sp³-hybridized carbons (Fsp3) is 0.417. The number of nitrogens with zero attached hydrogens (tertiary/aromatic N) is 3. The number of nitro benzene ring substituents is 1. The lowest BCUT2D eigenvalue weighted by Crippen LogP contribution is -2.39. The monoisotopic (exact) mass is 287 g/mol. The van der Waals surface area contributed by atoms with E-state index in [9.17, 15) is 23.3 Å². The minimum Gasteiger partial charge on any atom is -0.359 e. The van der Waals surface area contributed by atoms with Crippen molar-refractivity contribution in [3.63, 3.8) is 0 Å². The van der Waals surface area contributed by atoms with E-state index in [0.717, 1.165) is 17.0 Å². The van der Waals surface area contributed by atoms with Gasteiger partial charge in [0.15, 0.2) is 0 Å². The van der Waals surface area contributed by atoms with Crippen LogP contribution in [-0.2, 0) is 0 Å². The maximum absolute atomic E-state index is 12.6. The zero-order chi connectivity index (χ0) is 15.5. The minimum absolute atomic E-state index is 0.0328. The van der Waals surface area contributed by atoms with E-state index in [2.05, 4.69) is 0 Å². The first-order chi connectivity index (χ1) is 9.15. The molecule has 20 heavy (non-hydrogen) atoms. The van der Waals surface area contributed by atoms with Crippen molar-refractivity contribution in [2.24, 2.45) is 0 Å². The van der Waals surface area contributed by atoms with Crippen LogP contribution in [0, 0.1) is 21.4 Å². The summed E-state index contributed by atoms with van der Waals surface area (Å²) in [5.74, 6) is 0. The summed E-state index contributed by atoms with van der Waals surface area (Å²) in [6.07, 6.45) is -4.43. The highest BCUT2D eigenvalue weighted by Crippen LogP contribution is 2.29. The van der Waals surface area contributed by atoms with Gasteiger partial charge in [0.05, 0.1) is 16.2 Å². The van der Waals surface area contributed by atoms with Crippen molar-refractivity contribution in [3.8, 4) is 6.07 Å². The highest BCUT2D eigenvalue weighted by molar-refractivity contribution is 5.63. The van der Waals surface area contributed by atoms with E-state index in [0.29, 0.717) is 0 Å². The number of anilines is 1. The fourth-order valence-electron chi connectivity index (χ4n) is 1.72. The lowest BCUT2D eigenvalue weighted by molar-refractivity contribution is -0.384. The van der Waals surface area contributed by atoms with Crippen LogP contribution in [0.4, 0.5) is 24.5 Å². The molecule has 0 aromatic heterocycles. The molecule has 0 spiro atoms. The lowest BCUT2D eigenvalue weighted by Gasteiger charge is -2.30. The van der Waals surface area contributed by atoms with Crippen molar-refractivity contribution in [2.45, 2.75) is 26.1 Å². The first-order valence-corrected chi connectivity index (χ1v) is 5.67. The van der Waals surface area contributed by atoms with Crippen LogP contribution in [-0.4, -0.2) is 23.7 Å². The van der Waals surface area contributed by atoms with Gasteiger partial charge in [-0.2, -0.15) is 18.4 Å². The zero-order valence-corrected chi connectivity index (χ0v) is 10.8. The molecular formula is C12H12F3N3O2. The van der Waals surface area contributed by atoms with Gasteiger partial charge in [-0.1, -0.05) is 0 Å². The van der Waals surface area contributed by atoms with Crippen molar-refractivity contribution in [2.75, 3.05) is 11.4 Å². The molecule has 0 radical (unpaired) electrons. The van der Waals surface area contributed by atoms with Gasteiger partial charge in [0.1, 0.15) is 12.6 Å². The van der Waals surface area contributed by atoms with Crippen LogP contribution < -0.4 is 4.90 Å². The van der Waals surface area contributed by atoms with Crippen LogP contribution in [0.3, 0.4) is 0 Å². The third-order valence-electron chi connectivity index (χ3n) is 2.59. The molecule has 5 nitrogen and oxygen atoms in total. The fourth-order valence-corrected chi connectivity index (χ4v) is 1.72. The Bertz CT molecular complexity index is 550. The van der Waals surface area contributed by atoms with Crippen LogP contribution in [0.1, 0.15) is 19.4 Å². The molecule has 0 aliphatic heterocycles.